The van der Waals surface area contributed by atoms with Crippen molar-refractivity contribution in [1.82, 2.24) is 10.2 Å². The molecule has 0 bridgehead atoms. The molecule has 134 valence electrons. The Bertz CT molecular complexity index is 756. The molecule has 2 amide bonds. The molecule has 0 spiro atoms. The second-order valence-electron chi connectivity index (χ2n) is 5.67. The van der Waals surface area contributed by atoms with E-state index in [0.717, 1.165) is 32.1 Å². The van der Waals surface area contributed by atoms with Crippen LogP contribution in [0.4, 0.5) is 4.79 Å². The van der Waals surface area contributed by atoms with Gasteiger partial charge in [-0.25, -0.2) is 17.9 Å². The molecule has 0 heterocycles. The molecule has 2 rings (SSSR count). The summed E-state index contributed by atoms with van der Waals surface area (Å²) in [6.07, 6.45) is 4.66. The Hall–Kier alpha value is -1.65. The van der Waals surface area contributed by atoms with Crippen molar-refractivity contribution in [2.75, 3.05) is 5.75 Å². The molecule has 1 aliphatic rings. The lowest BCUT2D eigenvalue weighted by Gasteiger charge is -2.21. The van der Waals surface area contributed by atoms with Crippen LogP contribution in [-0.2, 0) is 24.4 Å². The highest BCUT2D eigenvalue weighted by Gasteiger charge is 2.24. The standard InChI is InChI=1S/C14H20N2O6S2/c17-14(15-22-24(20,21)13-9-5-2-6-10-13)16-23(18,19)11-12-7-3-1-4-8-12/h2,5-6,9-10,12H,1,3-4,7-8,11H2,(H2,15,16,17). The molecule has 1 fully saturated rings. The average molecular weight is 376 g/mol. The Morgan fingerprint density at radius 2 is 1.67 bits per heavy atom. The Balaban J connectivity index is 1.86. The van der Waals surface area contributed by atoms with E-state index in [1.165, 1.54) is 24.3 Å². The molecule has 10 heteroatoms. The van der Waals surface area contributed by atoms with Crippen molar-refractivity contribution in [2.45, 2.75) is 37.0 Å². The zero-order chi connectivity index (χ0) is 17.6. The molecular formula is C14H20N2O6S2. The summed E-state index contributed by atoms with van der Waals surface area (Å²) < 4.78 is 53.6. The molecule has 1 aliphatic carbocycles. The molecular weight excluding hydrogens is 356 g/mol. The Morgan fingerprint density at radius 3 is 2.29 bits per heavy atom. The van der Waals surface area contributed by atoms with Gasteiger partial charge in [0, 0.05) is 0 Å². The van der Waals surface area contributed by atoms with Crippen LogP contribution in [0.5, 0.6) is 0 Å². The fourth-order valence-electron chi connectivity index (χ4n) is 2.60. The van der Waals surface area contributed by atoms with Gasteiger partial charge in [-0.15, -0.1) is 4.28 Å². The topological polar surface area (TPSA) is 119 Å². The molecule has 1 aromatic rings. The minimum Gasteiger partial charge on any atom is -0.245 e. The molecule has 0 atom stereocenters. The van der Waals surface area contributed by atoms with Crippen molar-refractivity contribution in [3.8, 4) is 0 Å². The van der Waals surface area contributed by atoms with E-state index in [1.807, 2.05) is 0 Å². The third-order valence-electron chi connectivity index (χ3n) is 3.70. The largest absolute Gasteiger partial charge is 0.353 e. The fraction of sp³-hybridized carbons (Fsp3) is 0.500. The monoisotopic (exact) mass is 376 g/mol. The van der Waals surface area contributed by atoms with E-state index in [1.54, 1.807) is 16.3 Å². The Kier molecular flexibility index (Phi) is 6.19. The van der Waals surface area contributed by atoms with Crippen LogP contribution in [0.2, 0.25) is 0 Å². The van der Waals surface area contributed by atoms with Crippen LogP contribution in [-0.4, -0.2) is 28.6 Å². The summed E-state index contributed by atoms with van der Waals surface area (Å²) in [7, 11) is -8.05. The number of sulfonamides is 1. The van der Waals surface area contributed by atoms with Gasteiger partial charge in [0.05, 0.1) is 10.6 Å². The number of carbonyl (C=O) groups is 1. The van der Waals surface area contributed by atoms with Crippen molar-refractivity contribution in [2.24, 2.45) is 5.92 Å². The molecule has 0 saturated heterocycles. The average Bonchev–Trinajstić information content (AvgIpc) is 2.54. The van der Waals surface area contributed by atoms with Gasteiger partial charge in [0.15, 0.2) is 0 Å². The molecule has 0 aliphatic heterocycles. The fourth-order valence-corrected chi connectivity index (χ4v) is 4.73. The molecule has 0 radical (unpaired) electrons. The van der Waals surface area contributed by atoms with E-state index in [9.17, 15) is 21.6 Å². The Labute approximate surface area is 141 Å². The molecule has 0 unspecified atom stereocenters. The number of hydrogen-bond donors (Lipinski definition) is 2. The lowest BCUT2D eigenvalue weighted by Crippen LogP contribution is -2.42. The first-order valence-corrected chi connectivity index (χ1v) is 10.6. The van der Waals surface area contributed by atoms with Crippen LogP contribution in [0, 0.1) is 5.92 Å². The molecule has 1 aromatic carbocycles. The van der Waals surface area contributed by atoms with Gasteiger partial charge in [0.25, 0.3) is 0 Å². The summed E-state index contributed by atoms with van der Waals surface area (Å²) in [5.74, 6) is -0.149. The summed E-state index contributed by atoms with van der Waals surface area (Å²) in [6.45, 7) is 0. The third kappa shape index (κ3) is 5.77. The summed E-state index contributed by atoms with van der Waals surface area (Å²) >= 11 is 0. The van der Waals surface area contributed by atoms with E-state index in [2.05, 4.69) is 4.28 Å². The van der Waals surface area contributed by atoms with Gasteiger partial charge in [-0.2, -0.15) is 13.9 Å². The first-order valence-electron chi connectivity index (χ1n) is 7.57. The predicted molar refractivity (Wildman–Crippen MR) is 86.7 cm³/mol. The van der Waals surface area contributed by atoms with E-state index >= 15 is 0 Å². The number of hydroxylamine groups is 1. The first kappa shape index (κ1) is 18.7. The van der Waals surface area contributed by atoms with Crippen molar-refractivity contribution in [1.29, 1.82) is 0 Å². The third-order valence-corrected chi connectivity index (χ3v) is 6.26. The van der Waals surface area contributed by atoms with Crippen LogP contribution in [0.3, 0.4) is 0 Å². The molecule has 1 saturated carbocycles. The van der Waals surface area contributed by atoms with Gasteiger partial charge >= 0.3 is 16.1 Å². The summed E-state index contributed by atoms with van der Waals surface area (Å²) in [5, 5.41) is 0. The van der Waals surface area contributed by atoms with Crippen LogP contribution >= 0.6 is 0 Å². The first-order chi connectivity index (χ1) is 11.3. The zero-order valence-electron chi connectivity index (χ0n) is 13.0. The number of carbonyl (C=O) groups excluding carboxylic acids is 1. The maximum absolute atomic E-state index is 11.9. The van der Waals surface area contributed by atoms with Gasteiger partial charge in [-0.3, -0.25) is 0 Å². The van der Waals surface area contributed by atoms with Crippen LogP contribution in [0.1, 0.15) is 32.1 Å². The van der Waals surface area contributed by atoms with E-state index < -0.39 is 26.2 Å². The Morgan fingerprint density at radius 1 is 1.04 bits per heavy atom. The van der Waals surface area contributed by atoms with Crippen molar-refractivity contribution >= 4 is 26.2 Å². The summed E-state index contributed by atoms with van der Waals surface area (Å²) in [4.78, 5) is 11.4. The smallest absolute Gasteiger partial charge is 0.245 e. The SMILES string of the molecule is O=C(NOS(=O)(=O)c1ccccc1)NS(=O)(=O)CC1CCCCC1. The normalized spacial score (nSPS) is 16.5. The second-order valence-corrected chi connectivity index (χ2v) is 8.98. The minimum atomic E-state index is -4.20. The molecule has 8 nitrogen and oxygen atoms in total. The predicted octanol–water partition coefficient (Wildman–Crippen LogP) is 1.52. The van der Waals surface area contributed by atoms with E-state index in [0.29, 0.717) is 0 Å². The quantitative estimate of drug-likeness (QED) is 0.727. The second kappa shape index (κ2) is 7.95. The van der Waals surface area contributed by atoms with E-state index in [-0.39, 0.29) is 16.6 Å². The number of urea groups is 1. The van der Waals surface area contributed by atoms with Crippen LogP contribution in [0.15, 0.2) is 35.2 Å². The highest BCUT2D eigenvalue weighted by Crippen LogP contribution is 2.24. The zero-order valence-corrected chi connectivity index (χ0v) is 14.6. The van der Waals surface area contributed by atoms with E-state index in [4.69, 9.17) is 0 Å². The number of hydrogen-bond acceptors (Lipinski definition) is 6. The van der Waals surface area contributed by atoms with Crippen molar-refractivity contribution < 1.29 is 25.9 Å². The lowest BCUT2D eigenvalue weighted by atomic mass is 9.91. The maximum Gasteiger partial charge on any atom is 0.353 e. The lowest BCUT2D eigenvalue weighted by molar-refractivity contribution is 0.186. The van der Waals surface area contributed by atoms with Gasteiger partial charge in [-0.1, -0.05) is 37.5 Å². The highest BCUT2D eigenvalue weighted by molar-refractivity contribution is 7.90. The molecule has 24 heavy (non-hydrogen) atoms. The van der Waals surface area contributed by atoms with Crippen LogP contribution in [0.25, 0.3) is 0 Å². The molecule has 0 aromatic heterocycles. The summed E-state index contributed by atoms with van der Waals surface area (Å²) in [5.41, 5.74) is 1.60. The number of amides is 2. The molecule has 2 N–H and O–H groups in total. The van der Waals surface area contributed by atoms with Gasteiger partial charge < -0.3 is 0 Å². The number of benzene rings is 1. The van der Waals surface area contributed by atoms with Gasteiger partial charge in [-0.05, 0) is 30.9 Å². The highest BCUT2D eigenvalue weighted by atomic mass is 32.2. The van der Waals surface area contributed by atoms with Gasteiger partial charge in [0.1, 0.15) is 0 Å². The van der Waals surface area contributed by atoms with Crippen LogP contribution < -0.4 is 10.2 Å². The maximum atomic E-state index is 11.9. The van der Waals surface area contributed by atoms with Crippen molar-refractivity contribution in [3.63, 3.8) is 0 Å². The van der Waals surface area contributed by atoms with Crippen molar-refractivity contribution in [3.05, 3.63) is 30.3 Å². The van der Waals surface area contributed by atoms with Gasteiger partial charge in [0.2, 0.25) is 10.0 Å². The minimum absolute atomic E-state index is 0.0121. The number of rotatable bonds is 6. The summed E-state index contributed by atoms with van der Waals surface area (Å²) in [6, 6.07) is 5.93. The number of nitrogens with one attached hydrogen (secondary N) is 2.